The molecule has 0 spiro atoms. The van der Waals surface area contributed by atoms with E-state index in [0.717, 1.165) is 27.7 Å². The highest BCUT2D eigenvalue weighted by atomic mass is 31.2. The Morgan fingerprint density at radius 1 is 1.06 bits per heavy atom. The first kappa shape index (κ1) is 10.5. The van der Waals surface area contributed by atoms with Gasteiger partial charge in [-0.05, 0) is 17.2 Å². The van der Waals surface area contributed by atoms with Crippen LogP contribution in [-0.4, -0.2) is 4.89 Å². The number of benzene rings is 2. The summed E-state index contributed by atoms with van der Waals surface area (Å²) in [6.45, 7) is 3.77. The average molecular weight is 242 g/mol. The zero-order valence-corrected chi connectivity index (χ0v) is 10.0. The number of para-hydroxylation sites is 1. The lowest BCUT2D eigenvalue weighted by Gasteiger charge is -2.25. The first-order chi connectivity index (χ1) is 8.31. The second-order valence-electron chi connectivity index (χ2n) is 3.81. The molecule has 0 fully saturated rings. The molecule has 3 rings (SSSR count). The Kier molecular flexibility index (Phi) is 2.47. The molecule has 1 N–H and O–H groups in total. The lowest BCUT2D eigenvalue weighted by molar-refractivity contribution is 0.498. The summed E-state index contributed by atoms with van der Waals surface area (Å²) in [6.07, 6.45) is 1.75. The van der Waals surface area contributed by atoms with Gasteiger partial charge in [0.15, 0.2) is 0 Å². The van der Waals surface area contributed by atoms with Crippen molar-refractivity contribution in [2.24, 2.45) is 0 Å². The van der Waals surface area contributed by atoms with Gasteiger partial charge >= 0.3 is 0 Å². The molecule has 2 aromatic carbocycles. The van der Waals surface area contributed by atoms with Crippen molar-refractivity contribution in [2.45, 2.75) is 0 Å². The van der Waals surface area contributed by atoms with Gasteiger partial charge in [-0.25, -0.2) is 0 Å². The minimum absolute atomic E-state index is 0.745. The SMILES string of the molecule is C=Cc1cccc2c1P(O)Oc1ccccc1-2. The fourth-order valence-corrected chi connectivity index (χ4v) is 3.29. The minimum atomic E-state index is -1.59. The van der Waals surface area contributed by atoms with Crippen molar-refractivity contribution in [2.75, 3.05) is 0 Å². The molecular weight excluding hydrogens is 231 g/mol. The largest absolute Gasteiger partial charge is 0.443 e. The lowest BCUT2D eigenvalue weighted by atomic mass is 10.0. The molecule has 17 heavy (non-hydrogen) atoms. The average Bonchev–Trinajstić information content (AvgIpc) is 2.38. The fraction of sp³-hybridized carbons (Fsp3) is 0. The summed E-state index contributed by atoms with van der Waals surface area (Å²) in [5, 5.41) is 0.858. The van der Waals surface area contributed by atoms with Crippen molar-refractivity contribution in [1.29, 1.82) is 0 Å². The molecule has 0 saturated carbocycles. The molecule has 0 aliphatic carbocycles. The Hall–Kier alpha value is -1.63. The molecule has 1 atom stereocenters. The van der Waals surface area contributed by atoms with Crippen LogP contribution in [0.25, 0.3) is 17.2 Å². The maximum atomic E-state index is 10.1. The normalized spacial score (nSPS) is 16.6. The summed E-state index contributed by atoms with van der Waals surface area (Å²) < 4.78 is 5.57. The van der Waals surface area contributed by atoms with Gasteiger partial charge in [-0.1, -0.05) is 49.1 Å². The van der Waals surface area contributed by atoms with Crippen LogP contribution >= 0.6 is 8.38 Å². The zero-order chi connectivity index (χ0) is 11.8. The van der Waals surface area contributed by atoms with Crippen LogP contribution in [0.1, 0.15) is 5.56 Å². The number of rotatable bonds is 1. The Labute approximate surface area is 101 Å². The number of fused-ring (bicyclic) bond motifs is 3. The summed E-state index contributed by atoms with van der Waals surface area (Å²) in [6, 6.07) is 13.7. The van der Waals surface area contributed by atoms with E-state index < -0.39 is 8.38 Å². The van der Waals surface area contributed by atoms with Crippen LogP contribution in [0, 0.1) is 0 Å². The third-order valence-electron chi connectivity index (χ3n) is 2.84. The molecule has 2 nitrogen and oxygen atoms in total. The maximum absolute atomic E-state index is 10.1. The van der Waals surface area contributed by atoms with E-state index in [0.29, 0.717) is 0 Å². The second kappa shape index (κ2) is 3.99. The standard InChI is InChI=1S/C14H11O2P/c1-2-10-6-5-8-12-11-7-3-4-9-13(11)16-17(15)14(10)12/h2-9,15H,1H2. The Morgan fingerprint density at radius 3 is 2.65 bits per heavy atom. The molecule has 2 aromatic rings. The molecule has 1 aliphatic heterocycles. The van der Waals surface area contributed by atoms with Gasteiger partial charge in [-0.3, -0.25) is 0 Å². The maximum Gasteiger partial charge on any atom is 0.263 e. The van der Waals surface area contributed by atoms with Crippen molar-refractivity contribution >= 4 is 19.8 Å². The Morgan fingerprint density at radius 2 is 1.82 bits per heavy atom. The Bertz CT molecular complexity index is 593. The lowest BCUT2D eigenvalue weighted by Crippen LogP contribution is -2.16. The van der Waals surface area contributed by atoms with E-state index in [-0.39, 0.29) is 0 Å². The summed E-state index contributed by atoms with van der Waals surface area (Å²) in [5.41, 5.74) is 3.00. The predicted octanol–water partition coefficient (Wildman–Crippen LogP) is 3.32. The van der Waals surface area contributed by atoms with E-state index in [1.165, 1.54) is 0 Å². The van der Waals surface area contributed by atoms with Crippen molar-refractivity contribution in [1.82, 2.24) is 0 Å². The highest BCUT2D eigenvalue weighted by Crippen LogP contribution is 2.46. The van der Waals surface area contributed by atoms with Crippen LogP contribution in [-0.2, 0) is 0 Å². The van der Waals surface area contributed by atoms with E-state index in [1.807, 2.05) is 42.5 Å². The summed E-state index contributed by atoms with van der Waals surface area (Å²) >= 11 is 0. The van der Waals surface area contributed by atoms with Gasteiger partial charge in [0.25, 0.3) is 8.38 Å². The molecule has 1 heterocycles. The summed E-state index contributed by atoms with van der Waals surface area (Å²) in [5.74, 6) is 0.745. The molecular formula is C14H11O2P. The van der Waals surface area contributed by atoms with E-state index in [9.17, 15) is 4.89 Å². The van der Waals surface area contributed by atoms with Gasteiger partial charge in [0.2, 0.25) is 0 Å². The predicted molar refractivity (Wildman–Crippen MR) is 71.4 cm³/mol. The molecule has 84 valence electrons. The van der Waals surface area contributed by atoms with Crippen LogP contribution in [0.3, 0.4) is 0 Å². The van der Waals surface area contributed by atoms with Gasteiger partial charge in [0.05, 0.1) is 5.30 Å². The smallest absolute Gasteiger partial charge is 0.263 e. The van der Waals surface area contributed by atoms with Gasteiger partial charge < -0.3 is 9.42 Å². The molecule has 0 saturated heterocycles. The van der Waals surface area contributed by atoms with Gasteiger partial charge in [-0.15, -0.1) is 0 Å². The van der Waals surface area contributed by atoms with Gasteiger partial charge in [-0.2, -0.15) is 0 Å². The first-order valence-corrected chi connectivity index (χ1v) is 6.54. The third-order valence-corrected chi connectivity index (χ3v) is 4.09. The number of hydrogen-bond acceptors (Lipinski definition) is 2. The quantitative estimate of drug-likeness (QED) is 0.777. The van der Waals surface area contributed by atoms with E-state index >= 15 is 0 Å². The summed E-state index contributed by atoms with van der Waals surface area (Å²) in [7, 11) is -1.59. The Balaban J connectivity index is 2.33. The summed E-state index contributed by atoms with van der Waals surface area (Å²) in [4.78, 5) is 10.1. The van der Waals surface area contributed by atoms with E-state index in [4.69, 9.17) is 4.52 Å². The molecule has 3 heteroatoms. The van der Waals surface area contributed by atoms with Crippen LogP contribution in [0.2, 0.25) is 0 Å². The topological polar surface area (TPSA) is 29.5 Å². The van der Waals surface area contributed by atoms with Gasteiger partial charge in [0.1, 0.15) is 5.75 Å². The third kappa shape index (κ3) is 1.57. The van der Waals surface area contributed by atoms with Crippen LogP contribution in [0.15, 0.2) is 49.0 Å². The van der Waals surface area contributed by atoms with Crippen LogP contribution in [0.4, 0.5) is 0 Å². The number of hydrogen-bond donors (Lipinski definition) is 1. The van der Waals surface area contributed by atoms with Crippen molar-refractivity contribution in [3.63, 3.8) is 0 Å². The minimum Gasteiger partial charge on any atom is -0.443 e. The highest BCUT2D eigenvalue weighted by Gasteiger charge is 2.26. The van der Waals surface area contributed by atoms with Crippen molar-refractivity contribution in [3.05, 3.63) is 54.6 Å². The van der Waals surface area contributed by atoms with Crippen molar-refractivity contribution in [3.8, 4) is 16.9 Å². The van der Waals surface area contributed by atoms with Crippen molar-refractivity contribution < 1.29 is 9.42 Å². The van der Waals surface area contributed by atoms with Crippen LogP contribution in [0.5, 0.6) is 5.75 Å². The monoisotopic (exact) mass is 242 g/mol. The molecule has 0 bridgehead atoms. The van der Waals surface area contributed by atoms with Gasteiger partial charge in [0, 0.05) is 5.56 Å². The molecule has 0 radical (unpaired) electrons. The fourth-order valence-electron chi connectivity index (χ4n) is 2.06. The molecule has 1 aliphatic rings. The molecule has 0 amide bonds. The van der Waals surface area contributed by atoms with E-state index in [1.54, 1.807) is 6.08 Å². The van der Waals surface area contributed by atoms with E-state index in [2.05, 4.69) is 6.58 Å². The highest BCUT2D eigenvalue weighted by molar-refractivity contribution is 7.56. The van der Waals surface area contributed by atoms with Crippen LogP contribution < -0.4 is 9.83 Å². The second-order valence-corrected chi connectivity index (χ2v) is 4.98. The first-order valence-electron chi connectivity index (χ1n) is 5.33. The zero-order valence-electron chi connectivity index (χ0n) is 9.13. The molecule has 0 aromatic heterocycles. The molecule has 1 unspecified atom stereocenters.